The monoisotopic (exact) mass is 435 g/mol. The molecule has 1 aliphatic heterocycles. The van der Waals surface area contributed by atoms with Crippen molar-refractivity contribution in [3.8, 4) is 0 Å². The number of hydrogen-bond acceptors (Lipinski definition) is 4. The molecule has 2 amide bonds. The average Bonchev–Trinajstić information content (AvgIpc) is 3.32. The number of benzene rings is 1. The molecule has 0 bridgehead atoms. The Bertz CT molecular complexity index is 1150. The van der Waals surface area contributed by atoms with Gasteiger partial charge in [0.1, 0.15) is 5.56 Å². The van der Waals surface area contributed by atoms with Crippen molar-refractivity contribution >= 4 is 23.2 Å². The van der Waals surface area contributed by atoms with Gasteiger partial charge in [-0.05, 0) is 41.0 Å². The van der Waals surface area contributed by atoms with E-state index in [-0.39, 0.29) is 22.9 Å². The Morgan fingerprint density at radius 2 is 1.87 bits per heavy atom. The van der Waals surface area contributed by atoms with Gasteiger partial charge in [-0.2, -0.15) is 0 Å². The van der Waals surface area contributed by atoms with E-state index in [9.17, 15) is 14.4 Å². The van der Waals surface area contributed by atoms with Crippen LogP contribution in [0.4, 0.5) is 0 Å². The van der Waals surface area contributed by atoms with Crippen LogP contribution in [-0.2, 0) is 25.9 Å². The Labute approximate surface area is 185 Å². The summed E-state index contributed by atoms with van der Waals surface area (Å²) < 4.78 is 1.63. The zero-order chi connectivity index (χ0) is 22.0. The minimum Gasteiger partial charge on any atom is -0.345 e. The Kier molecular flexibility index (Phi) is 6.04. The number of carbonyl (C=O) groups excluding carboxylic acids is 2. The second-order valence-corrected chi connectivity index (χ2v) is 8.84. The molecule has 0 spiro atoms. The normalized spacial score (nSPS) is 13.0. The van der Waals surface area contributed by atoms with Gasteiger partial charge < -0.3 is 14.4 Å². The zero-order valence-corrected chi connectivity index (χ0v) is 18.5. The van der Waals surface area contributed by atoms with Crippen LogP contribution in [0.3, 0.4) is 0 Å². The molecule has 0 aliphatic carbocycles. The van der Waals surface area contributed by atoms with Gasteiger partial charge in [0, 0.05) is 39.9 Å². The molecule has 0 unspecified atom stereocenters. The average molecular weight is 436 g/mol. The molecular formula is C24H25N3O3S. The molecule has 0 fully saturated rings. The zero-order valence-electron chi connectivity index (χ0n) is 17.7. The molecule has 3 aromatic rings. The third-order valence-electron chi connectivity index (χ3n) is 5.59. The van der Waals surface area contributed by atoms with Crippen molar-refractivity contribution in [2.24, 2.45) is 0 Å². The molecule has 1 aliphatic rings. The lowest BCUT2D eigenvalue weighted by atomic mass is 9.95. The molecule has 4 rings (SSSR count). The highest BCUT2D eigenvalue weighted by Gasteiger charge is 2.29. The van der Waals surface area contributed by atoms with Gasteiger partial charge in [-0.15, -0.1) is 11.3 Å². The maximum absolute atomic E-state index is 13.2. The first-order valence-corrected chi connectivity index (χ1v) is 11.2. The number of nitrogens with zero attached hydrogens (tertiary/aromatic N) is 3. The number of aromatic nitrogens is 1. The summed E-state index contributed by atoms with van der Waals surface area (Å²) in [6.07, 6.45) is 3.02. The highest BCUT2D eigenvalue weighted by molar-refractivity contribution is 7.12. The second kappa shape index (κ2) is 8.89. The number of rotatable bonds is 5. The van der Waals surface area contributed by atoms with E-state index in [2.05, 4.69) is 0 Å². The Hall–Kier alpha value is -3.19. The molecular weight excluding hydrogens is 410 g/mol. The van der Waals surface area contributed by atoms with Gasteiger partial charge in [-0.3, -0.25) is 14.4 Å². The molecule has 2 aromatic heterocycles. The lowest BCUT2D eigenvalue weighted by Crippen LogP contribution is -2.41. The number of carbonyl (C=O) groups is 2. The summed E-state index contributed by atoms with van der Waals surface area (Å²) in [5, 5.41) is 1.89. The number of aryl methyl sites for hydroxylation is 2. The molecule has 0 atom stereocenters. The summed E-state index contributed by atoms with van der Waals surface area (Å²) in [5.74, 6) is -0.295. The van der Waals surface area contributed by atoms with E-state index in [1.54, 1.807) is 23.6 Å². The van der Waals surface area contributed by atoms with Crippen LogP contribution in [0.5, 0.6) is 0 Å². The van der Waals surface area contributed by atoms with E-state index in [1.165, 1.54) is 16.2 Å². The van der Waals surface area contributed by atoms with E-state index in [1.807, 2.05) is 54.0 Å². The van der Waals surface area contributed by atoms with Crippen molar-refractivity contribution in [2.45, 2.75) is 25.9 Å². The van der Waals surface area contributed by atoms with Crippen LogP contribution >= 0.6 is 11.3 Å². The summed E-state index contributed by atoms with van der Waals surface area (Å²) in [5.41, 5.74) is 2.75. The van der Waals surface area contributed by atoms with E-state index >= 15 is 0 Å². The summed E-state index contributed by atoms with van der Waals surface area (Å²) in [6.45, 7) is 1.36. The van der Waals surface area contributed by atoms with Gasteiger partial charge in [0.25, 0.3) is 17.4 Å². The topological polar surface area (TPSA) is 62.6 Å². The summed E-state index contributed by atoms with van der Waals surface area (Å²) >= 11 is 1.42. The van der Waals surface area contributed by atoms with Gasteiger partial charge in [0.15, 0.2) is 0 Å². The van der Waals surface area contributed by atoms with Crippen LogP contribution in [-0.4, -0.2) is 46.8 Å². The summed E-state index contributed by atoms with van der Waals surface area (Å²) in [7, 11) is 3.32. The fourth-order valence-corrected chi connectivity index (χ4v) is 4.64. The number of pyridine rings is 1. The number of fused-ring (bicyclic) bond motifs is 1. The number of hydrogen-bond donors (Lipinski definition) is 0. The van der Waals surface area contributed by atoms with Gasteiger partial charge in [-0.1, -0.05) is 36.4 Å². The predicted molar refractivity (Wildman–Crippen MR) is 122 cm³/mol. The highest BCUT2D eigenvalue weighted by atomic mass is 32.1. The van der Waals surface area contributed by atoms with Crippen LogP contribution < -0.4 is 5.56 Å². The van der Waals surface area contributed by atoms with E-state index in [0.717, 1.165) is 16.7 Å². The maximum Gasteiger partial charge on any atom is 0.264 e. The van der Waals surface area contributed by atoms with Crippen LogP contribution in [0.2, 0.25) is 0 Å². The van der Waals surface area contributed by atoms with Crippen molar-refractivity contribution in [1.29, 1.82) is 0 Å². The third-order valence-corrected chi connectivity index (χ3v) is 6.45. The molecule has 0 saturated carbocycles. The molecule has 0 N–H and O–H groups in total. The Balaban J connectivity index is 1.69. The van der Waals surface area contributed by atoms with Crippen molar-refractivity contribution < 1.29 is 9.59 Å². The minimum atomic E-state index is -0.284. The second-order valence-electron chi connectivity index (χ2n) is 7.90. The smallest absolute Gasteiger partial charge is 0.264 e. The summed E-state index contributed by atoms with van der Waals surface area (Å²) in [4.78, 5) is 42.9. The van der Waals surface area contributed by atoms with Crippen LogP contribution in [0.15, 0.2) is 58.8 Å². The predicted octanol–water partition coefficient (Wildman–Crippen LogP) is 3.05. The maximum atomic E-state index is 13.2. The van der Waals surface area contributed by atoms with Crippen LogP contribution in [0.1, 0.15) is 36.7 Å². The first-order chi connectivity index (χ1) is 15.0. The first kappa shape index (κ1) is 21.1. The molecule has 0 saturated heterocycles. The van der Waals surface area contributed by atoms with Crippen molar-refractivity contribution in [3.63, 3.8) is 0 Å². The number of amides is 2. The lowest BCUT2D eigenvalue weighted by Gasteiger charge is -2.30. The fourth-order valence-electron chi connectivity index (χ4n) is 3.95. The molecule has 6 nitrogen and oxygen atoms in total. The first-order valence-electron chi connectivity index (χ1n) is 10.3. The Morgan fingerprint density at radius 1 is 1.10 bits per heavy atom. The molecule has 31 heavy (non-hydrogen) atoms. The van der Waals surface area contributed by atoms with Gasteiger partial charge in [0.2, 0.25) is 0 Å². The molecule has 7 heteroatoms. The third kappa shape index (κ3) is 4.32. The van der Waals surface area contributed by atoms with Gasteiger partial charge >= 0.3 is 0 Å². The van der Waals surface area contributed by atoms with Crippen molar-refractivity contribution in [2.75, 3.05) is 20.6 Å². The van der Waals surface area contributed by atoms with Crippen molar-refractivity contribution in [3.05, 3.63) is 91.5 Å². The Morgan fingerprint density at radius 3 is 2.55 bits per heavy atom. The van der Waals surface area contributed by atoms with Crippen molar-refractivity contribution in [1.82, 2.24) is 14.4 Å². The fraction of sp³-hybridized carbons (Fsp3) is 0.292. The SMILES string of the molecule is CN(C)C(=O)c1c2c(cn(CCc3ccccc3)c1=O)CN(C(=O)c1cccs1)CC2. The van der Waals surface area contributed by atoms with E-state index in [4.69, 9.17) is 0 Å². The molecule has 160 valence electrons. The van der Waals surface area contributed by atoms with Crippen LogP contribution in [0, 0.1) is 0 Å². The number of thiophene rings is 1. The standard InChI is InChI=1S/C24H25N3O3S/c1-25(2)23(29)21-19-11-13-26(22(28)20-9-6-14-31-20)15-18(19)16-27(24(21)30)12-10-17-7-4-3-5-8-17/h3-9,14,16H,10-13,15H2,1-2H3. The largest absolute Gasteiger partial charge is 0.345 e. The highest BCUT2D eigenvalue weighted by Crippen LogP contribution is 2.24. The minimum absolute atomic E-state index is 0.0110. The lowest BCUT2D eigenvalue weighted by molar-refractivity contribution is 0.0738. The summed E-state index contributed by atoms with van der Waals surface area (Å²) in [6, 6.07) is 13.6. The molecule has 3 heterocycles. The van der Waals surface area contributed by atoms with Gasteiger partial charge in [-0.25, -0.2) is 0 Å². The van der Waals surface area contributed by atoms with E-state index in [0.29, 0.717) is 37.4 Å². The molecule has 1 aromatic carbocycles. The van der Waals surface area contributed by atoms with E-state index < -0.39 is 0 Å². The van der Waals surface area contributed by atoms with Crippen LogP contribution in [0.25, 0.3) is 0 Å². The quantitative estimate of drug-likeness (QED) is 0.619. The molecule has 0 radical (unpaired) electrons. The van der Waals surface area contributed by atoms with Gasteiger partial charge in [0.05, 0.1) is 4.88 Å².